The van der Waals surface area contributed by atoms with E-state index in [-0.39, 0.29) is 23.8 Å². The predicted octanol–water partition coefficient (Wildman–Crippen LogP) is 6.30. The van der Waals surface area contributed by atoms with Crippen LogP contribution in [-0.4, -0.2) is 47.0 Å². The number of amides is 3. The third kappa shape index (κ3) is 12.5. The normalized spacial score (nSPS) is 13.3. The summed E-state index contributed by atoms with van der Waals surface area (Å²) in [6, 6.07) is 6.07. The van der Waals surface area contributed by atoms with Crippen molar-refractivity contribution in [3.63, 3.8) is 0 Å². The van der Waals surface area contributed by atoms with E-state index < -0.39 is 23.8 Å². The first-order valence-electron chi connectivity index (χ1n) is 13.9. The Morgan fingerprint density at radius 3 is 2.03 bits per heavy atom. The number of carbonyl (C=O) groups is 3. The van der Waals surface area contributed by atoms with Crippen LogP contribution in [0.1, 0.15) is 111 Å². The highest BCUT2D eigenvalue weighted by molar-refractivity contribution is 5.92. The molecule has 0 heterocycles. The van der Waals surface area contributed by atoms with E-state index in [1.165, 1.54) is 0 Å². The van der Waals surface area contributed by atoms with Crippen molar-refractivity contribution in [2.75, 3.05) is 6.54 Å². The molecule has 0 bridgehead atoms. The first-order valence-corrected chi connectivity index (χ1v) is 13.9. The van der Waals surface area contributed by atoms with Gasteiger partial charge >= 0.3 is 6.09 Å². The summed E-state index contributed by atoms with van der Waals surface area (Å²) in [5, 5.41) is 5.82. The molecule has 0 saturated carbocycles. The van der Waals surface area contributed by atoms with Crippen molar-refractivity contribution in [2.24, 2.45) is 5.92 Å². The second-order valence-electron chi connectivity index (χ2n) is 11.8. The molecule has 2 unspecified atom stereocenters. The number of nitrogens with one attached hydrogen (secondary N) is 2. The molecule has 0 fully saturated rings. The fourth-order valence-electron chi connectivity index (χ4n) is 4.18. The number of benzene rings is 1. The number of ether oxygens (including phenoxy) is 1. The van der Waals surface area contributed by atoms with Gasteiger partial charge < -0.3 is 20.3 Å². The lowest BCUT2D eigenvalue weighted by Crippen LogP contribution is -2.54. The first-order chi connectivity index (χ1) is 17.2. The molecule has 1 aromatic rings. The smallest absolute Gasteiger partial charge is 0.408 e. The van der Waals surface area contributed by atoms with Crippen molar-refractivity contribution in [2.45, 2.75) is 125 Å². The van der Waals surface area contributed by atoms with Crippen molar-refractivity contribution < 1.29 is 19.1 Å². The lowest BCUT2D eigenvalue weighted by molar-refractivity contribution is -0.143. The average Bonchev–Trinajstić information content (AvgIpc) is 2.76. The molecule has 7 heteroatoms. The molecule has 2 atom stereocenters. The highest BCUT2D eigenvalue weighted by atomic mass is 16.6. The van der Waals surface area contributed by atoms with E-state index in [9.17, 15) is 14.4 Å². The largest absolute Gasteiger partial charge is 0.444 e. The monoisotopic (exact) mass is 517 g/mol. The zero-order chi connectivity index (χ0) is 28.2. The first kappa shape index (κ1) is 32.5. The lowest BCUT2D eigenvalue weighted by Gasteiger charge is -2.35. The molecule has 1 rings (SSSR count). The Hall–Kier alpha value is -2.57. The molecule has 7 nitrogen and oxygen atoms in total. The van der Waals surface area contributed by atoms with Crippen LogP contribution in [0, 0.1) is 12.8 Å². The molecular weight excluding hydrogens is 466 g/mol. The van der Waals surface area contributed by atoms with E-state index in [1.807, 2.05) is 58.9 Å². The summed E-state index contributed by atoms with van der Waals surface area (Å²) in [6.07, 6.45) is 4.91. The number of nitrogens with zero attached hydrogens (tertiary/aromatic N) is 1. The highest BCUT2D eigenvalue weighted by Crippen LogP contribution is 2.25. The zero-order valence-corrected chi connectivity index (χ0v) is 24.6. The van der Waals surface area contributed by atoms with Gasteiger partial charge in [-0.25, -0.2) is 4.79 Å². The number of carbonyl (C=O) groups excluding carboxylic acids is 3. The number of unbranched alkanes of at least 4 members (excludes halogenated alkanes) is 4. The molecule has 0 spiro atoms. The van der Waals surface area contributed by atoms with E-state index in [0.29, 0.717) is 13.0 Å². The number of aryl methyl sites for hydroxylation is 1. The van der Waals surface area contributed by atoms with Gasteiger partial charge in [-0.2, -0.15) is 0 Å². The van der Waals surface area contributed by atoms with Crippen LogP contribution in [0.2, 0.25) is 0 Å². The minimum absolute atomic E-state index is 0.0756. The van der Waals surface area contributed by atoms with E-state index in [4.69, 9.17) is 4.74 Å². The Morgan fingerprint density at radius 1 is 0.919 bits per heavy atom. The third-order valence-corrected chi connectivity index (χ3v) is 5.87. The van der Waals surface area contributed by atoms with Gasteiger partial charge in [0.1, 0.15) is 17.7 Å². The van der Waals surface area contributed by atoms with Gasteiger partial charge in [0.05, 0.1) is 0 Å². The Labute approximate surface area is 225 Å². The van der Waals surface area contributed by atoms with Crippen molar-refractivity contribution in [1.82, 2.24) is 15.5 Å². The molecule has 0 aliphatic rings. The van der Waals surface area contributed by atoms with Crippen LogP contribution in [0.5, 0.6) is 0 Å². The summed E-state index contributed by atoms with van der Waals surface area (Å²) in [5.41, 5.74) is 1.15. The Balaban J connectivity index is 3.43. The predicted molar refractivity (Wildman–Crippen MR) is 150 cm³/mol. The summed E-state index contributed by atoms with van der Waals surface area (Å²) in [4.78, 5) is 42.1. The second kappa shape index (κ2) is 15.6. The summed E-state index contributed by atoms with van der Waals surface area (Å²) in [5.74, 6) is -0.335. The third-order valence-electron chi connectivity index (χ3n) is 5.87. The molecule has 37 heavy (non-hydrogen) atoms. The van der Waals surface area contributed by atoms with Gasteiger partial charge in [-0.15, -0.1) is 0 Å². The van der Waals surface area contributed by atoms with E-state index in [0.717, 1.165) is 43.2 Å². The molecule has 210 valence electrons. The maximum absolute atomic E-state index is 14.1. The molecule has 0 radical (unpaired) electrons. The van der Waals surface area contributed by atoms with Crippen molar-refractivity contribution in [3.8, 4) is 0 Å². The number of hydrogen-bond donors (Lipinski definition) is 2. The maximum atomic E-state index is 14.1. The van der Waals surface area contributed by atoms with Crippen LogP contribution in [0.4, 0.5) is 4.79 Å². The van der Waals surface area contributed by atoms with Crippen LogP contribution in [-0.2, 0) is 14.3 Å². The van der Waals surface area contributed by atoms with Gasteiger partial charge in [0.2, 0.25) is 11.8 Å². The van der Waals surface area contributed by atoms with Gasteiger partial charge in [-0.3, -0.25) is 9.59 Å². The van der Waals surface area contributed by atoms with Gasteiger partial charge in [0.15, 0.2) is 0 Å². The highest BCUT2D eigenvalue weighted by Gasteiger charge is 2.36. The molecule has 2 N–H and O–H groups in total. The minimum Gasteiger partial charge on any atom is -0.444 e. The van der Waals surface area contributed by atoms with Crippen LogP contribution < -0.4 is 10.6 Å². The van der Waals surface area contributed by atoms with E-state index in [1.54, 1.807) is 25.7 Å². The number of rotatable bonds is 14. The summed E-state index contributed by atoms with van der Waals surface area (Å²) < 4.78 is 5.46. The van der Waals surface area contributed by atoms with Gasteiger partial charge in [0.25, 0.3) is 0 Å². The summed E-state index contributed by atoms with van der Waals surface area (Å²) in [7, 11) is 0. The van der Waals surface area contributed by atoms with Gasteiger partial charge in [-0.05, 0) is 65.9 Å². The van der Waals surface area contributed by atoms with Crippen LogP contribution in [0.15, 0.2) is 24.3 Å². The Bertz CT molecular complexity index is 843. The standard InChI is InChI=1S/C30H51N3O4/c1-10-11-12-13-14-19-33(26(27(34)31-22(4)5)24-17-15-23(6)16-18-24)28(35)25(20-21(2)3)32-29(36)37-30(7,8)9/h15-18,21-22,25-26H,10-14,19-20H2,1-9H3,(H,31,34)(H,32,36). The number of alkyl carbamates (subject to hydrolysis) is 1. The zero-order valence-electron chi connectivity index (χ0n) is 24.6. The molecule has 0 aliphatic carbocycles. The molecular formula is C30H51N3O4. The SMILES string of the molecule is CCCCCCCN(C(=O)C(CC(C)C)NC(=O)OC(C)(C)C)C(C(=O)NC(C)C)c1ccc(C)cc1. The molecule has 3 amide bonds. The summed E-state index contributed by atoms with van der Waals surface area (Å²) in [6.45, 7) is 17.8. The van der Waals surface area contributed by atoms with Crippen LogP contribution in [0.25, 0.3) is 0 Å². The van der Waals surface area contributed by atoms with Crippen molar-refractivity contribution >= 4 is 17.9 Å². The van der Waals surface area contributed by atoms with E-state index in [2.05, 4.69) is 17.6 Å². The van der Waals surface area contributed by atoms with Crippen molar-refractivity contribution in [3.05, 3.63) is 35.4 Å². The number of hydrogen-bond acceptors (Lipinski definition) is 4. The van der Waals surface area contributed by atoms with Gasteiger partial charge in [0, 0.05) is 12.6 Å². The molecule has 0 saturated heterocycles. The minimum atomic E-state index is -0.801. The van der Waals surface area contributed by atoms with Gasteiger partial charge in [-0.1, -0.05) is 76.3 Å². The topological polar surface area (TPSA) is 87.7 Å². The molecule has 1 aromatic carbocycles. The Morgan fingerprint density at radius 2 is 1.51 bits per heavy atom. The fourth-order valence-corrected chi connectivity index (χ4v) is 4.18. The average molecular weight is 518 g/mol. The fraction of sp³-hybridized carbons (Fsp3) is 0.700. The maximum Gasteiger partial charge on any atom is 0.408 e. The lowest BCUT2D eigenvalue weighted by atomic mass is 9.98. The molecule has 0 aromatic heterocycles. The van der Waals surface area contributed by atoms with E-state index >= 15 is 0 Å². The second-order valence-corrected chi connectivity index (χ2v) is 11.8. The molecule has 0 aliphatic heterocycles. The summed E-state index contributed by atoms with van der Waals surface area (Å²) >= 11 is 0. The quantitative estimate of drug-likeness (QED) is 0.284. The van der Waals surface area contributed by atoms with Crippen molar-refractivity contribution in [1.29, 1.82) is 0 Å². The van der Waals surface area contributed by atoms with Crippen LogP contribution in [0.3, 0.4) is 0 Å². The Kier molecular flexibility index (Phi) is 13.7. The van der Waals surface area contributed by atoms with Crippen LogP contribution >= 0.6 is 0 Å².